The van der Waals surface area contributed by atoms with Gasteiger partial charge in [-0.15, -0.1) is 0 Å². The molecule has 1 heterocycles. The Morgan fingerprint density at radius 2 is 1.70 bits per heavy atom. The van der Waals surface area contributed by atoms with E-state index in [1.54, 1.807) is 36.4 Å². The molecule has 1 aliphatic rings. The molecule has 0 radical (unpaired) electrons. The molecule has 1 aliphatic heterocycles. The van der Waals surface area contributed by atoms with Gasteiger partial charge < -0.3 is 5.21 Å². The van der Waals surface area contributed by atoms with Crippen molar-refractivity contribution in [2.75, 3.05) is 5.01 Å². The Morgan fingerprint density at radius 3 is 2.30 bits per heavy atom. The Hall–Kier alpha value is -3.00. The van der Waals surface area contributed by atoms with Gasteiger partial charge in [0.25, 0.3) is 11.8 Å². The summed E-state index contributed by atoms with van der Waals surface area (Å²) in [6, 6.07) is 14.7. The fourth-order valence-electron chi connectivity index (χ4n) is 2.20. The number of hydrazine groups is 1. The summed E-state index contributed by atoms with van der Waals surface area (Å²) in [7, 11) is 0. The van der Waals surface area contributed by atoms with Crippen LogP contribution >= 0.6 is 0 Å². The van der Waals surface area contributed by atoms with Crippen LogP contribution < -0.4 is 15.7 Å². The lowest BCUT2D eigenvalue weighted by molar-refractivity contribution is -0.991. The van der Waals surface area contributed by atoms with Crippen LogP contribution in [0.1, 0.15) is 5.56 Å². The molecule has 0 aliphatic carbocycles. The summed E-state index contributed by atoms with van der Waals surface area (Å²) in [6.07, 6.45) is 1.44. The molecule has 2 aromatic carbocycles. The lowest BCUT2D eigenvalue weighted by Gasteiger charge is -2.13. The fraction of sp³-hybridized carbons (Fsp3) is 0. The van der Waals surface area contributed by atoms with E-state index in [0.717, 1.165) is 0 Å². The second-order valence-corrected chi connectivity index (χ2v) is 4.90. The van der Waals surface area contributed by atoms with E-state index < -0.39 is 17.0 Å². The Balaban J connectivity index is 1.88. The zero-order valence-corrected chi connectivity index (χ0v) is 11.9. The normalized spacial score (nSPS) is 17.5. The summed E-state index contributed by atoms with van der Waals surface area (Å²) in [5, 5.41) is 19.8. The van der Waals surface area contributed by atoms with Crippen LogP contribution in [0, 0.1) is 5.21 Å². The minimum Gasteiger partial charge on any atom is -0.595 e. The van der Waals surface area contributed by atoms with Crippen molar-refractivity contribution >= 4 is 29.3 Å². The van der Waals surface area contributed by atoms with Crippen LogP contribution in [0.25, 0.3) is 6.08 Å². The van der Waals surface area contributed by atoms with Gasteiger partial charge in [-0.2, -0.15) is 5.23 Å². The predicted octanol–water partition coefficient (Wildman–Crippen LogP) is 0.551. The number of hydrogen-bond acceptors (Lipinski definition) is 4. The van der Waals surface area contributed by atoms with E-state index in [1.807, 2.05) is 6.07 Å². The number of benzene rings is 2. The third-order valence-corrected chi connectivity index (χ3v) is 3.37. The maximum absolute atomic E-state index is 12.4. The Morgan fingerprint density at radius 1 is 1.04 bits per heavy atom. The topological polar surface area (TPSA) is 97.1 Å². The molecular formula is C16H13N3O4. The monoisotopic (exact) mass is 311 g/mol. The van der Waals surface area contributed by atoms with Gasteiger partial charge in [-0.3, -0.25) is 15.0 Å². The van der Waals surface area contributed by atoms with Gasteiger partial charge in [-0.25, -0.2) is 10.2 Å². The molecule has 1 saturated heterocycles. The zero-order valence-electron chi connectivity index (χ0n) is 11.9. The second-order valence-electron chi connectivity index (χ2n) is 4.90. The molecule has 116 valence electrons. The standard InChI is InChI=1S/C16H13N3O4/c20-15-14(10-11-6-8-13(9-7-11)19(22)23)16(21)18(17-15)12-4-2-1-3-5-12/h1-10,19,22H,(H,17,20). The van der Waals surface area contributed by atoms with Gasteiger partial charge in [0.15, 0.2) is 5.69 Å². The van der Waals surface area contributed by atoms with Crippen molar-refractivity contribution in [1.29, 1.82) is 0 Å². The van der Waals surface area contributed by atoms with E-state index in [9.17, 15) is 14.8 Å². The van der Waals surface area contributed by atoms with Gasteiger partial charge in [0.2, 0.25) is 0 Å². The number of carbonyl (C=O) groups is 2. The molecule has 1 unspecified atom stereocenters. The molecule has 1 atom stereocenters. The first-order valence-electron chi connectivity index (χ1n) is 6.82. The van der Waals surface area contributed by atoms with Crippen LogP contribution in [0.2, 0.25) is 0 Å². The molecule has 2 amide bonds. The van der Waals surface area contributed by atoms with Crippen molar-refractivity contribution in [1.82, 2.24) is 5.43 Å². The molecular weight excluding hydrogens is 298 g/mol. The number of carbonyl (C=O) groups excluding carboxylic acids is 2. The number of hydrogen-bond donors (Lipinski definition) is 3. The predicted molar refractivity (Wildman–Crippen MR) is 82.3 cm³/mol. The van der Waals surface area contributed by atoms with Crippen molar-refractivity contribution in [3.8, 4) is 0 Å². The van der Waals surface area contributed by atoms with Crippen LogP contribution in [-0.2, 0) is 9.59 Å². The molecule has 1 fully saturated rings. The minimum atomic E-state index is -1.03. The number of rotatable bonds is 3. The van der Waals surface area contributed by atoms with E-state index >= 15 is 0 Å². The average molecular weight is 311 g/mol. The maximum atomic E-state index is 12.4. The number of anilines is 1. The van der Waals surface area contributed by atoms with Crippen molar-refractivity contribution in [2.24, 2.45) is 0 Å². The van der Waals surface area contributed by atoms with E-state index in [2.05, 4.69) is 5.43 Å². The summed E-state index contributed by atoms with van der Waals surface area (Å²) >= 11 is 0. The minimum absolute atomic E-state index is 0.00284. The van der Waals surface area contributed by atoms with Crippen molar-refractivity contribution in [2.45, 2.75) is 0 Å². The number of para-hydroxylation sites is 1. The van der Waals surface area contributed by atoms with Crippen LogP contribution in [0.15, 0.2) is 60.2 Å². The van der Waals surface area contributed by atoms with Gasteiger partial charge >= 0.3 is 0 Å². The summed E-state index contributed by atoms with van der Waals surface area (Å²) in [6.45, 7) is 0. The van der Waals surface area contributed by atoms with Crippen molar-refractivity contribution in [3.05, 3.63) is 70.9 Å². The second kappa shape index (κ2) is 6.01. The first-order chi connectivity index (χ1) is 11.1. The highest BCUT2D eigenvalue weighted by Crippen LogP contribution is 2.21. The van der Waals surface area contributed by atoms with Crippen LogP contribution in [0.3, 0.4) is 0 Å². The SMILES string of the molecule is O=C1NN(c2ccccc2)C(=O)C1=Cc1ccc([NH+]([O-])O)cc1. The molecule has 3 N–H and O–H groups in total. The van der Waals surface area contributed by atoms with Crippen LogP contribution in [0.5, 0.6) is 0 Å². The highest BCUT2D eigenvalue weighted by atomic mass is 16.8. The van der Waals surface area contributed by atoms with Crippen LogP contribution in [0.4, 0.5) is 11.4 Å². The third kappa shape index (κ3) is 2.97. The van der Waals surface area contributed by atoms with Gasteiger partial charge in [-0.1, -0.05) is 18.2 Å². The van der Waals surface area contributed by atoms with Gasteiger partial charge in [0.1, 0.15) is 5.57 Å². The number of quaternary nitrogens is 1. The molecule has 7 nitrogen and oxygen atoms in total. The molecule has 0 bridgehead atoms. The van der Waals surface area contributed by atoms with E-state index in [1.165, 1.54) is 23.2 Å². The first kappa shape index (κ1) is 14.9. The summed E-state index contributed by atoms with van der Waals surface area (Å²) < 4.78 is 0. The van der Waals surface area contributed by atoms with E-state index in [4.69, 9.17) is 5.21 Å². The molecule has 7 heteroatoms. The Kier molecular flexibility index (Phi) is 3.90. The largest absolute Gasteiger partial charge is 0.595 e. The number of nitrogens with one attached hydrogen (secondary N) is 2. The number of amides is 2. The lowest BCUT2D eigenvalue weighted by Crippen LogP contribution is -2.99. The average Bonchev–Trinajstić information content (AvgIpc) is 2.84. The highest BCUT2D eigenvalue weighted by molar-refractivity contribution is 6.31. The van der Waals surface area contributed by atoms with E-state index in [-0.39, 0.29) is 11.3 Å². The molecule has 3 rings (SSSR count). The van der Waals surface area contributed by atoms with Crippen molar-refractivity contribution in [3.63, 3.8) is 0 Å². The highest BCUT2D eigenvalue weighted by Gasteiger charge is 2.34. The lowest BCUT2D eigenvalue weighted by atomic mass is 10.1. The molecule has 2 aromatic rings. The van der Waals surface area contributed by atoms with Gasteiger partial charge in [0.05, 0.1) is 5.69 Å². The summed E-state index contributed by atoms with van der Waals surface area (Å²) in [5.41, 5.74) is 3.78. The first-order valence-corrected chi connectivity index (χ1v) is 6.82. The Bertz CT molecular complexity index is 770. The zero-order chi connectivity index (χ0) is 16.4. The molecule has 0 saturated carbocycles. The van der Waals surface area contributed by atoms with Crippen molar-refractivity contribution < 1.29 is 20.0 Å². The smallest absolute Gasteiger partial charge is 0.282 e. The Labute approximate surface area is 131 Å². The quantitative estimate of drug-likeness (QED) is 0.438. The molecule has 0 aromatic heterocycles. The summed E-state index contributed by atoms with van der Waals surface area (Å²) in [5.74, 6) is -0.954. The maximum Gasteiger partial charge on any atom is 0.282 e. The van der Waals surface area contributed by atoms with Gasteiger partial charge in [0, 0.05) is 12.1 Å². The van der Waals surface area contributed by atoms with Gasteiger partial charge in [-0.05, 0) is 35.9 Å². The van der Waals surface area contributed by atoms with E-state index in [0.29, 0.717) is 11.3 Å². The third-order valence-electron chi connectivity index (χ3n) is 3.37. The number of nitrogens with zero attached hydrogens (tertiary/aromatic N) is 1. The fourth-order valence-corrected chi connectivity index (χ4v) is 2.20. The molecule has 0 spiro atoms. The molecule has 23 heavy (non-hydrogen) atoms. The summed E-state index contributed by atoms with van der Waals surface area (Å²) in [4.78, 5) is 24.4. The van der Waals surface area contributed by atoms with Crippen LogP contribution in [-0.4, -0.2) is 17.0 Å².